The van der Waals surface area contributed by atoms with Crippen molar-refractivity contribution in [3.05, 3.63) is 12.7 Å². The van der Waals surface area contributed by atoms with E-state index in [2.05, 4.69) is 33.2 Å². The molecule has 18 nitrogen and oxygen atoms in total. The molecule has 0 radical (unpaired) electrons. The summed E-state index contributed by atoms with van der Waals surface area (Å²) in [5, 5.41) is 3.36. The van der Waals surface area contributed by atoms with Crippen molar-refractivity contribution in [2.75, 3.05) is 12.3 Å². The molecule has 1 fully saturated rings. The highest BCUT2D eigenvalue weighted by molar-refractivity contribution is 7.66. The summed E-state index contributed by atoms with van der Waals surface area (Å²) in [7, 11) is -16.5. The van der Waals surface area contributed by atoms with Crippen LogP contribution in [-0.2, 0) is 31.6 Å². The Morgan fingerprint density at radius 2 is 1.90 bits per heavy atom. The number of fused-ring (bicyclic) bond motifs is 1. The van der Waals surface area contributed by atoms with Gasteiger partial charge in [0.25, 0.3) is 0 Å². The number of phosphoric ester groups is 1. The molecule has 1 aliphatic rings. The molecule has 5 unspecified atom stereocenters. The second-order valence-electron chi connectivity index (χ2n) is 6.03. The van der Waals surface area contributed by atoms with Gasteiger partial charge in [-0.15, -0.1) is 0 Å². The molecule has 0 saturated carbocycles. The van der Waals surface area contributed by atoms with Crippen LogP contribution in [0.5, 0.6) is 0 Å². The molecule has 0 spiro atoms. The van der Waals surface area contributed by atoms with E-state index in [1.165, 1.54) is 17.2 Å². The Bertz CT molecular complexity index is 1120. The van der Waals surface area contributed by atoms with Crippen LogP contribution in [0, 0.1) is 5.53 Å². The fourth-order valence-corrected chi connectivity index (χ4v) is 5.75. The summed E-state index contributed by atoms with van der Waals surface area (Å²) in [4.78, 5) is 47.7. The summed E-state index contributed by atoms with van der Waals surface area (Å²) < 4.78 is 52.8. The molecule has 0 amide bonds. The van der Waals surface area contributed by atoms with E-state index in [-0.39, 0.29) is 12.2 Å². The van der Waals surface area contributed by atoms with Gasteiger partial charge in [0.15, 0.2) is 11.5 Å². The first-order chi connectivity index (χ1) is 14.3. The highest BCUT2D eigenvalue weighted by Crippen LogP contribution is 2.66. The van der Waals surface area contributed by atoms with Crippen LogP contribution in [0.25, 0.3) is 11.2 Å². The number of nitrogen functional groups attached to an aromatic ring is 1. The van der Waals surface area contributed by atoms with Gasteiger partial charge in [-0.2, -0.15) is 13.7 Å². The standard InChI is InChI=1S/C10H16N7O11P3/c11-9-8-10(14-3-13-9)17(4-15-8)7-1-5(16-12)6(26-7)2-25-30(21,22)28-31(23,24)27-29(18,19)20/h3-7,12H,1-2H2,(H,21,22)(H,23,24)(H2,11,13,14)(H2,18,19,20). The van der Waals surface area contributed by atoms with Gasteiger partial charge in [-0.25, -0.2) is 34.2 Å². The quantitative estimate of drug-likeness (QED) is 0.200. The van der Waals surface area contributed by atoms with Crippen molar-refractivity contribution in [3.8, 4) is 0 Å². The van der Waals surface area contributed by atoms with Gasteiger partial charge in [-0.05, 0) is 0 Å². The molecule has 2 aromatic heterocycles. The number of imidazole rings is 1. The van der Waals surface area contributed by atoms with Crippen LogP contribution < -0.4 is 5.73 Å². The fourth-order valence-electron chi connectivity index (χ4n) is 2.72. The number of nitrogens with one attached hydrogen (secondary N) is 1. The van der Waals surface area contributed by atoms with E-state index in [9.17, 15) is 18.6 Å². The topological polar surface area (TPSA) is 275 Å². The van der Waals surface area contributed by atoms with E-state index < -0.39 is 48.4 Å². The maximum atomic E-state index is 11.9. The number of anilines is 1. The number of nitrogens with two attached hydrogens (primary N) is 1. The van der Waals surface area contributed by atoms with Crippen LogP contribution in [0.3, 0.4) is 0 Å². The van der Waals surface area contributed by atoms with E-state index >= 15 is 0 Å². The molecule has 3 rings (SSSR count). The minimum Gasteiger partial charge on any atom is -0.382 e. The first-order valence-corrected chi connectivity index (χ1v) is 12.6. The van der Waals surface area contributed by atoms with Crippen molar-refractivity contribution in [3.63, 3.8) is 0 Å². The lowest BCUT2D eigenvalue weighted by Crippen LogP contribution is -2.24. The van der Waals surface area contributed by atoms with Gasteiger partial charge in [0.05, 0.1) is 12.9 Å². The molecule has 1 saturated heterocycles. The lowest BCUT2D eigenvalue weighted by Gasteiger charge is -2.19. The maximum absolute atomic E-state index is 11.9. The van der Waals surface area contributed by atoms with E-state index in [0.717, 1.165) is 0 Å². The smallest absolute Gasteiger partial charge is 0.382 e. The first kappa shape index (κ1) is 24.0. The Balaban J connectivity index is 1.68. The van der Waals surface area contributed by atoms with Crippen LogP contribution in [0.1, 0.15) is 12.6 Å². The zero-order valence-corrected chi connectivity index (χ0v) is 17.8. The van der Waals surface area contributed by atoms with Crippen molar-refractivity contribution in [1.29, 1.82) is 5.53 Å². The van der Waals surface area contributed by atoms with Crippen molar-refractivity contribution >= 4 is 40.4 Å². The van der Waals surface area contributed by atoms with Gasteiger partial charge < -0.3 is 30.0 Å². The summed E-state index contributed by atoms with van der Waals surface area (Å²) >= 11 is 0. The predicted octanol–water partition coefficient (Wildman–Crippen LogP) is 0.439. The van der Waals surface area contributed by atoms with Crippen LogP contribution in [0.15, 0.2) is 17.8 Å². The van der Waals surface area contributed by atoms with Crippen LogP contribution >= 0.6 is 23.5 Å². The molecule has 21 heteroatoms. The maximum Gasteiger partial charge on any atom is 0.490 e. The molecule has 31 heavy (non-hydrogen) atoms. The molecule has 1 aliphatic heterocycles. The Morgan fingerprint density at radius 3 is 2.55 bits per heavy atom. The van der Waals surface area contributed by atoms with Crippen molar-refractivity contribution < 1.29 is 51.2 Å². The highest BCUT2D eigenvalue weighted by atomic mass is 31.3. The van der Waals surface area contributed by atoms with Gasteiger partial charge >= 0.3 is 23.5 Å². The average Bonchev–Trinajstić information content (AvgIpc) is 3.21. The van der Waals surface area contributed by atoms with Gasteiger partial charge in [0.1, 0.15) is 30.2 Å². The van der Waals surface area contributed by atoms with Crippen molar-refractivity contribution in [2.24, 2.45) is 5.11 Å². The van der Waals surface area contributed by atoms with E-state index in [1.54, 1.807) is 0 Å². The van der Waals surface area contributed by atoms with Crippen molar-refractivity contribution in [2.45, 2.75) is 24.8 Å². The lowest BCUT2D eigenvalue weighted by molar-refractivity contribution is -0.0233. The molecule has 0 bridgehead atoms. The summed E-state index contributed by atoms with van der Waals surface area (Å²) in [6.45, 7) is -0.739. The van der Waals surface area contributed by atoms with Gasteiger partial charge in [0, 0.05) is 6.42 Å². The van der Waals surface area contributed by atoms with Gasteiger partial charge in [-0.1, -0.05) is 0 Å². The molecule has 3 heterocycles. The summed E-state index contributed by atoms with van der Waals surface area (Å²) in [5.41, 5.74) is 13.6. The number of hydrogen-bond acceptors (Lipinski definition) is 13. The molecule has 172 valence electrons. The van der Waals surface area contributed by atoms with E-state index in [4.69, 9.17) is 30.7 Å². The molecular weight excluding hydrogens is 487 g/mol. The number of nitrogens with zero attached hydrogens (tertiary/aromatic N) is 5. The molecule has 5 atom stereocenters. The number of rotatable bonds is 9. The predicted molar refractivity (Wildman–Crippen MR) is 97.0 cm³/mol. The van der Waals surface area contributed by atoms with E-state index in [0.29, 0.717) is 11.2 Å². The minimum absolute atomic E-state index is 0.114. The Kier molecular flexibility index (Phi) is 6.72. The second-order valence-corrected chi connectivity index (χ2v) is 10.5. The first-order valence-electron chi connectivity index (χ1n) is 8.03. The van der Waals surface area contributed by atoms with Crippen LogP contribution in [0.2, 0.25) is 0 Å². The monoisotopic (exact) mass is 503 g/mol. The largest absolute Gasteiger partial charge is 0.490 e. The Labute approximate surface area is 172 Å². The zero-order chi connectivity index (χ0) is 23.0. The second kappa shape index (κ2) is 8.69. The number of ether oxygens (including phenoxy) is 1. The average molecular weight is 503 g/mol. The number of phosphoric acid groups is 3. The van der Waals surface area contributed by atoms with Gasteiger partial charge in [0.2, 0.25) is 0 Å². The number of hydrogen-bond donors (Lipinski definition) is 6. The zero-order valence-electron chi connectivity index (χ0n) is 15.1. The molecule has 0 aromatic carbocycles. The summed E-state index contributed by atoms with van der Waals surface area (Å²) in [6, 6.07) is -0.853. The third-order valence-corrected chi connectivity index (χ3v) is 7.69. The van der Waals surface area contributed by atoms with Crippen molar-refractivity contribution in [1.82, 2.24) is 19.5 Å². The lowest BCUT2D eigenvalue weighted by atomic mass is 10.1. The van der Waals surface area contributed by atoms with Gasteiger partial charge in [-0.3, -0.25) is 9.09 Å². The minimum atomic E-state index is -5.64. The normalized spacial score (nSPS) is 25.9. The van der Waals surface area contributed by atoms with Crippen LogP contribution in [-0.4, -0.2) is 57.8 Å². The highest BCUT2D eigenvalue weighted by Gasteiger charge is 2.43. The summed E-state index contributed by atoms with van der Waals surface area (Å²) in [5.74, 6) is 0.132. The third kappa shape index (κ3) is 5.97. The molecule has 2 aromatic rings. The van der Waals surface area contributed by atoms with Crippen LogP contribution in [0.4, 0.5) is 5.82 Å². The molecule has 7 N–H and O–H groups in total. The Morgan fingerprint density at radius 1 is 1.19 bits per heavy atom. The molecular formula is C10H16N7O11P3. The Hall–Kier alpha value is -1.68. The third-order valence-electron chi connectivity index (χ3n) is 3.89. The van der Waals surface area contributed by atoms with E-state index in [1.807, 2.05) is 0 Å². The number of aromatic nitrogens is 4. The fraction of sp³-hybridized carbons (Fsp3) is 0.500. The summed E-state index contributed by atoms with van der Waals surface area (Å²) in [6.07, 6.45) is 0.844. The SMILES string of the molecule is N=NC1CC(n2cnc3c(N)ncnc32)OC1COP(=O)(O)OP(=O)(O)OP(=O)(O)O. The molecule has 0 aliphatic carbocycles.